The van der Waals surface area contributed by atoms with Crippen molar-refractivity contribution in [3.8, 4) is 0 Å². The maximum absolute atomic E-state index is 12.6. The van der Waals surface area contributed by atoms with Crippen LogP contribution in [-0.2, 0) is 26.3 Å². The average molecular weight is 283 g/mol. The summed E-state index contributed by atoms with van der Waals surface area (Å²) in [5, 5.41) is 0. The normalized spacial score (nSPS) is 12.1. The van der Waals surface area contributed by atoms with E-state index in [1.807, 2.05) is 29.8 Å². The third-order valence-electron chi connectivity index (χ3n) is 3.04. The van der Waals surface area contributed by atoms with Crippen LogP contribution in [0.3, 0.4) is 0 Å². The minimum Gasteiger partial charge on any atom is -0.337 e. The molecule has 3 nitrogen and oxygen atoms in total. The summed E-state index contributed by atoms with van der Waals surface area (Å²) < 4.78 is 39.8. The highest BCUT2D eigenvalue weighted by atomic mass is 19.4. The van der Waals surface area contributed by atoms with E-state index in [2.05, 4.69) is 4.98 Å². The Morgan fingerprint density at radius 1 is 1.25 bits per heavy atom. The number of hydrogen-bond donors (Lipinski definition) is 0. The van der Waals surface area contributed by atoms with Gasteiger partial charge in [0, 0.05) is 26.0 Å². The molecular weight excluding hydrogens is 267 g/mol. The first-order valence-corrected chi connectivity index (χ1v) is 6.17. The molecule has 108 valence electrons. The SMILES string of the molecule is CN(Cc1cccc(C(F)(F)F)c1)Cc1nccn1C. The highest BCUT2D eigenvalue weighted by Crippen LogP contribution is 2.29. The average Bonchev–Trinajstić information content (AvgIpc) is 2.74. The van der Waals surface area contributed by atoms with Crippen molar-refractivity contribution in [2.45, 2.75) is 19.3 Å². The Labute approximate surface area is 115 Å². The van der Waals surface area contributed by atoms with Gasteiger partial charge in [0.1, 0.15) is 5.82 Å². The molecule has 0 aliphatic rings. The minimum absolute atomic E-state index is 0.441. The van der Waals surface area contributed by atoms with Gasteiger partial charge in [0.05, 0.1) is 12.1 Å². The van der Waals surface area contributed by atoms with Crippen LogP contribution in [0.25, 0.3) is 0 Å². The topological polar surface area (TPSA) is 21.1 Å². The van der Waals surface area contributed by atoms with Crippen molar-refractivity contribution >= 4 is 0 Å². The summed E-state index contributed by atoms with van der Waals surface area (Å²) in [6, 6.07) is 5.41. The zero-order valence-electron chi connectivity index (χ0n) is 11.4. The number of benzene rings is 1. The van der Waals surface area contributed by atoms with Crippen molar-refractivity contribution in [1.82, 2.24) is 14.5 Å². The van der Waals surface area contributed by atoms with Crippen LogP contribution in [0.15, 0.2) is 36.7 Å². The zero-order valence-corrected chi connectivity index (χ0v) is 11.4. The molecule has 20 heavy (non-hydrogen) atoms. The second kappa shape index (κ2) is 5.66. The zero-order chi connectivity index (χ0) is 14.8. The van der Waals surface area contributed by atoms with Gasteiger partial charge in [-0.3, -0.25) is 4.90 Å². The van der Waals surface area contributed by atoms with Gasteiger partial charge >= 0.3 is 6.18 Å². The van der Waals surface area contributed by atoms with Gasteiger partial charge in [-0.15, -0.1) is 0 Å². The smallest absolute Gasteiger partial charge is 0.337 e. The highest BCUT2D eigenvalue weighted by molar-refractivity contribution is 5.25. The Hall–Kier alpha value is -1.82. The van der Waals surface area contributed by atoms with Crippen LogP contribution >= 0.6 is 0 Å². The standard InChI is InChI=1S/C14H16F3N3/c1-19(10-13-18-6-7-20(13)2)9-11-4-3-5-12(8-11)14(15,16)17/h3-8H,9-10H2,1-2H3. The molecule has 0 N–H and O–H groups in total. The van der Waals surface area contributed by atoms with Crippen LogP contribution in [0.1, 0.15) is 17.0 Å². The van der Waals surface area contributed by atoms with Gasteiger partial charge in [0.25, 0.3) is 0 Å². The molecule has 1 aromatic carbocycles. The van der Waals surface area contributed by atoms with E-state index in [-0.39, 0.29) is 0 Å². The lowest BCUT2D eigenvalue weighted by molar-refractivity contribution is -0.137. The number of alkyl halides is 3. The Morgan fingerprint density at radius 2 is 2.00 bits per heavy atom. The van der Waals surface area contributed by atoms with Crippen LogP contribution in [-0.4, -0.2) is 21.5 Å². The van der Waals surface area contributed by atoms with Crippen molar-refractivity contribution in [3.05, 3.63) is 53.6 Å². The molecule has 0 unspecified atom stereocenters. The predicted molar refractivity (Wildman–Crippen MR) is 69.8 cm³/mol. The fourth-order valence-electron chi connectivity index (χ4n) is 2.00. The van der Waals surface area contributed by atoms with Gasteiger partial charge in [0.2, 0.25) is 0 Å². The molecule has 6 heteroatoms. The third kappa shape index (κ3) is 3.60. The van der Waals surface area contributed by atoms with Gasteiger partial charge < -0.3 is 4.57 Å². The lowest BCUT2D eigenvalue weighted by Crippen LogP contribution is -2.19. The molecular formula is C14H16F3N3. The quantitative estimate of drug-likeness (QED) is 0.860. The largest absolute Gasteiger partial charge is 0.416 e. The summed E-state index contributed by atoms with van der Waals surface area (Å²) in [5.74, 6) is 0.875. The van der Waals surface area contributed by atoms with Gasteiger partial charge in [-0.25, -0.2) is 4.98 Å². The van der Waals surface area contributed by atoms with Gasteiger partial charge in [-0.05, 0) is 18.7 Å². The first-order chi connectivity index (χ1) is 9.36. The van der Waals surface area contributed by atoms with Crippen LogP contribution in [0, 0.1) is 0 Å². The number of hydrogen-bond acceptors (Lipinski definition) is 2. The van der Waals surface area contributed by atoms with E-state index in [1.165, 1.54) is 12.1 Å². The minimum atomic E-state index is -4.30. The molecule has 2 aromatic rings. The van der Waals surface area contributed by atoms with E-state index in [0.717, 1.165) is 11.9 Å². The van der Waals surface area contributed by atoms with E-state index in [9.17, 15) is 13.2 Å². The first kappa shape index (κ1) is 14.6. The molecule has 0 aliphatic heterocycles. The molecule has 0 atom stereocenters. The number of aromatic nitrogens is 2. The van der Waals surface area contributed by atoms with Gasteiger partial charge in [0.15, 0.2) is 0 Å². The van der Waals surface area contributed by atoms with Gasteiger partial charge in [-0.1, -0.05) is 18.2 Å². The molecule has 0 aliphatic carbocycles. The van der Waals surface area contributed by atoms with Gasteiger partial charge in [-0.2, -0.15) is 13.2 Å². The Bertz CT molecular complexity index is 575. The number of nitrogens with zero attached hydrogens (tertiary/aromatic N) is 3. The van der Waals surface area contributed by atoms with Crippen LogP contribution in [0.5, 0.6) is 0 Å². The number of imidazole rings is 1. The van der Waals surface area contributed by atoms with E-state index in [4.69, 9.17) is 0 Å². The number of aryl methyl sites for hydroxylation is 1. The molecule has 0 radical (unpaired) electrons. The third-order valence-corrected chi connectivity index (χ3v) is 3.04. The predicted octanol–water partition coefficient (Wildman–Crippen LogP) is 3.07. The summed E-state index contributed by atoms with van der Waals surface area (Å²) >= 11 is 0. The van der Waals surface area contributed by atoms with Crippen LogP contribution < -0.4 is 0 Å². The Kier molecular flexibility index (Phi) is 4.13. The molecule has 0 fully saturated rings. The van der Waals surface area contributed by atoms with Crippen LogP contribution in [0.2, 0.25) is 0 Å². The molecule has 1 heterocycles. The molecule has 1 aromatic heterocycles. The highest BCUT2D eigenvalue weighted by Gasteiger charge is 2.30. The lowest BCUT2D eigenvalue weighted by Gasteiger charge is -2.17. The summed E-state index contributed by atoms with van der Waals surface area (Å²) in [5.41, 5.74) is 0.0249. The van der Waals surface area contributed by atoms with Crippen molar-refractivity contribution in [3.63, 3.8) is 0 Å². The maximum Gasteiger partial charge on any atom is 0.416 e. The molecule has 2 rings (SSSR count). The van der Waals surface area contributed by atoms with E-state index < -0.39 is 11.7 Å². The van der Waals surface area contributed by atoms with E-state index >= 15 is 0 Å². The summed E-state index contributed by atoms with van der Waals surface area (Å²) in [7, 11) is 3.75. The van der Waals surface area contributed by atoms with E-state index in [1.54, 1.807) is 12.3 Å². The maximum atomic E-state index is 12.6. The van der Waals surface area contributed by atoms with Crippen molar-refractivity contribution in [2.24, 2.45) is 7.05 Å². The monoisotopic (exact) mass is 283 g/mol. The Morgan fingerprint density at radius 3 is 2.60 bits per heavy atom. The molecule has 0 bridgehead atoms. The second-order valence-electron chi connectivity index (χ2n) is 4.82. The van der Waals surface area contributed by atoms with Crippen molar-refractivity contribution in [2.75, 3.05) is 7.05 Å². The summed E-state index contributed by atoms with van der Waals surface area (Å²) in [6.45, 7) is 1.02. The fourth-order valence-corrected chi connectivity index (χ4v) is 2.00. The lowest BCUT2D eigenvalue weighted by atomic mass is 10.1. The Balaban J connectivity index is 2.05. The van der Waals surface area contributed by atoms with E-state index in [0.29, 0.717) is 18.7 Å². The number of rotatable bonds is 4. The molecule has 0 amide bonds. The van der Waals surface area contributed by atoms with Crippen molar-refractivity contribution < 1.29 is 13.2 Å². The summed E-state index contributed by atoms with van der Waals surface area (Å²) in [4.78, 5) is 6.12. The fraction of sp³-hybridized carbons (Fsp3) is 0.357. The van der Waals surface area contributed by atoms with Crippen LogP contribution in [0.4, 0.5) is 13.2 Å². The first-order valence-electron chi connectivity index (χ1n) is 6.17. The molecule has 0 saturated carbocycles. The molecule has 0 saturated heterocycles. The van der Waals surface area contributed by atoms with Crippen molar-refractivity contribution in [1.29, 1.82) is 0 Å². The summed E-state index contributed by atoms with van der Waals surface area (Å²) in [6.07, 6.45) is -0.755. The second-order valence-corrected chi connectivity index (χ2v) is 4.82. The number of halogens is 3. The molecule has 0 spiro atoms.